The maximum absolute atomic E-state index is 9.56. The van der Waals surface area contributed by atoms with E-state index in [1.165, 1.54) is 0 Å². The van der Waals surface area contributed by atoms with Crippen LogP contribution in [0.2, 0.25) is 0 Å². The van der Waals surface area contributed by atoms with E-state index in [0.29, 0.717) is 5.06 Å². The molecule has 0 radical (unpaired) electrons. The average Bonchev–Trinajstić information content (AvgIpc) is 1.79. The monoisotopic (exact) mass is 93.0 g/mol. The average molecular weight is 93.1 g/mol. The largest absolute Gasteiger partial charge is 0.285 e. The van der Waals surface area contributed by atoms with Gasteiger partial charge >= 0.3 is 0 Å². The van der Waals surface area contributed by atoms with Gasteiger partial charge in [-0.15, -0.1) is 0 Å². The molecule has 1 aliphatic heterocycles. The minimum Gasteiger partial charge on any atom is -0.285 e. The van der Waals surface area contributed by atoms with Gasteiger partial charge in [-0.2, -0.15) is 0 Å². The molecule has 1 heterocycles. The summed E-state index contributed by atoms with van der Waals surface area (Å²) in [4.78, 5) is 9.56. The van der Waals surface area contributed by atoms with Gasteiger partial charge in [0.1, 0.15) is 6.54 Å². The summed E-state index contributed by atoms with van der Waals surface area (Å²) in [6.45, 7) is 0.222. The van der Waals surface area contributed by atoms with Crippen molar-refractivity contribution in [3.8, 4) is 0 Å². The Morgan fingerprint density at radius 2 is 2.00 bits per heavy atom. The zero-order chi connectivity index (χ0) is 3.86. The third kappa shape index (κ3) is 0.651. The Labute approximate surface area is 33.5 Å². The van der Waals surface area contributed by atoms with Gasteiger partial charge in [-0.1, -0.05) is 0 Å². The maximum Gasteiger partial charge on any atom is 0.268 e. The van der Waals surface area contributed by atoms with Crippen molar-refractivity contribution in [3.05, 3.63) is 0 Å². The van der Waals surface area contributed by atoms with Gasteiger partial charge in [-0.25, -0.2) is 5.06 Å². The van der Waals surface area contributed by atoms with Crippen molar-refractivity contribution in [2.75, 3.05) is 6.54 Å². The molecule has 1 fully saturated rings. The highest BCUT2D eigenvalue weighted by Gasteiger charge is 2.27. The highest BCUT2D eigenvalue weighted by Crippen LogP contribution is 1.97. The summed E-state index contributed by atoms with van der Waals surface area (Å²) in [5.74, 6) is -0.190. The molecule has 1 amide bonds. The Hall–Kier alpha value is -0.640. The number of rotatable bonds is 0. The standard InChI is InChI=1S/C2H3NO2.FH/c4-2-1-3(2)5;/h5H,1H2;1H. The normalized spacial score (nSPS) is 16.8. The van der Waals surface area contributed by atoms with Crippen LogP contribution in [0.3, 0.4) is 0 Å². The van der Waals surface area contributed by atoms with Gasteiger partial charge < -0.3 is 0 Å². The van der Waals surface area contributed by atoms with E-state index >= 15 is 0 Å². The first kappa shape index (κ1) is 5.36. The van der Waals surface area contributed by atoms with E-state index in [1.807, 2.05) is 0 Å². The maximum atomic E-state index is 9.56. The molecule has 0 aromatic heterocycles. The molecule has 0 aromatic rings. The second-order valence-electron chi connectivity index (χ2n) is 0.951. The van der Waals surface area contributed by atoms with E-state index in [1.54, 1.807) is 0 Å². The molecule has 6 heavy (non-hydrogen) atoms. The molecule has 36 valence electrons. The SMILES string of the molecule is F.O=C1CN1O. The molecule has 0 aromatic carbocycles. The van der Waals surface area contributed by atoms with Gasteiger partial charge in [0.2, 0.25) is 0 Å². The Morgan fingerprint density at radius 1 is 1.83 bits per heavy atom. The van der Waals surface area contributed by atoms with Gasteiger partial charge in [-0.3, -0.25) is 14.7 Å². The summed E-state index contributed by atoms with van der Waals surface area (Å²) in [6.07, 6.45) is 0. The Morgan fingerprint density at radius 3 is 2.00 bits per heavy atom. The predicted molar refractivity (Wildman–Crippen MR) is 16.0 cm³/mol. The third-order valence-corrected chi connectivity index (χ3v) is 0.469. The van der Waals surface area contributed by atoms with E-state index in [4.69, 9.17) is 5.21 Å². The number of hydrogen-bond donors (Lipinski definition) is 1. The molecule has 1 rings (SSSR count). The summed E-state index contributed by atoms with van der Waals surface area (Å²) in [5.41, 5.74) is 0. The summed E-state index contributed by atoms with van der Waals surface area (Å²) in [5, 5.41) is 8.57. The highest BCUT2D eigenvalue weighted by atomic mass is 19.0. The molecular weight excluding hydrogens is 89.0 g/mol. The first-order valence-electron chi connectivity index (χ1n) is 1.30. The van der Waals surface area contributed by atoms with Crippen LogP contribution in [0, 0.1) is 0 Å². The van der Waals surface area contributed by atoms with Crippen molar-refractivity contribution >= 4 is 5.91 Å². The molecule has 0 atom stereocenters. The molecular formula is C2H4FNO2. The summed E-state index contributed by atoms with van der Waals surface area (Å²) in [6, 6.07) is 0. The molecule has 3 nitrogen and oxygen atoms in total. The molecule has 1 aliphatic rings. The lowest BCUT2D eigenvalue weighted by atomic mass is 11.0. The van der Waals surface area contributed by atoms with Crippen molar-refractivity contribution in [2.45, 2.75) is 0 Å². The Bertz CT molecular complexity index is 73.9. The van der Waals surface area contributed by atoms with Gasteiger partial charge in [-0.05, 0) is 0 Å². The van der Waals surface area contributed by atoms with Gasteiger partial charge in [0.05, 0.1) is 0 Å². The topological polar surface area (TPSA) is 40.3 Å². The van der Waals surface area contributed by atoms with Crippen molar-refractivity contribution in [3.63, 3.8) is 0 Å². The van der Waals surface area contributed by atoms with Crippen LogP contribution < -0.4 is 0 Å². The van der Waals surface area contributed by atoms with Crippen LogP contribution in [0.4, 0.5) is 4.70 Å². The fourth-order valence-corrected chi connectivity index (χ4v) is 0.0928. The van der Waals surface area contributed by atoms with Crippen molar-refractivity contribution in [2.24, 2.45) is 0 Å². The van der Waals surface area contributed by atoms with Gasteiger partial charge in [0.25, 0.3) is 5.91 Å². The first-order chi connectivity index (χ1) is 2.30. The van der Waals surface area contributed by atoms with E-state index in [-0.39, 0.29) is 17.2 Å². The van der Waals surface area contributed by atoms with E-state index < -0.39 is 0 Å². The Balaban J connectivity index is 0.000000250. The van der Waals surface area contributed by atoms with E-state index in [9.17, 15) is 4.79 Å². The molecule has 0 aliphatic carbocycles. The molecule has 4 heteroatoms. The number of carbonyl (C=O) groups is 1. The van der Waals surface area contributed by atoms with Crippen LogP contribution in [-0.2, 0) is 4.79 Å². The van der Waals surface area contributed by atoms with Crippen LogP contribution in [0.1, 0.15) is 0 Å². The zero-order valence-corrected chi connectivity index (χ0v) is 2.92. The number of hydroxylamine groups is 2. The number of nitrogens with zero attached hydrogens (tertiary/aromatic N) is 1. The number of halogens is 1. The number of carbonyl (C=O) groups excluding carboxylic acids is 1. The van der Waals surface area contributed by atoms with Crippen molar-refractivity contribution < 1.29 is 14.7 Å². The van der Waals surface area contributed by atoms with Crippen LogP contribution >= 0.6 is 0 Å². The molecule has 0 saturated carbocycles. The zero-order valence-electron chi connectivity index (χ0n) is 2.92. The molecule has 1 N–H and O–H groups in total. The second-order valence-corrected chi connectivity index (χ2v) is 0.951. The highest BCUT2D eigenvalue weighted by molar-refractivity contribution is 5.90. The van der Waals surface area contributed by atoms with E-state index in [0.717, 1.165) is 0 Å². The lowest BCUT2D eigenvalue weighted by Crippen LogP contribution is -1.82. The summed E-state index contributed by atoms with van der Waals surface area (Å²) < 4.78 is 0. The fourth-order valence-electron chi connectivity index (χ4n) is 0.0928. The lowest BCUT2D eigenvalue weighted by molar-refractivity contribution is -0.124. The van der Waals surface area contributed by atoms with Crippen LogP contribution in [0.5, 0.6) is 0 Å². The first-order valence-corrected chi connectivity index (χ1v) is 1.30. The summed E-state index contributed by atoms with van der Waals surface area (Å²) >= 11 is 0. The fraction of sp³-hybridized carbons (Fsp3) is 0.500. The van der Waals surface area contributed by atoms with Gasteiger partial charge in [0, 0.05) is 0 Å². The second kappa shape index (κ2) is 1.22. The molecule has 0 spiro atoms. The smallest absolute Gasteiger partial charge is 0.268 e. The summed E-state index contributed by atoms with van der Waals surface area (Å²) in [7, 11) is 0. The molecule has 0 unspecified atom stereocenters. The minimum absolute atomic E-state index is 0. The molecule has 0 bridgehead atoms. The number of hydrogen-bond acceptors (Lipinski definition) is 2. The van der Waals surface area contributed by atoms with Crippen molar-refractivity contribution in [1.82, 2.24) is 5.06 Å². The number of amides is 1. The Kier molecular flexibility index (Phi) is 1.09. The van der Waals surface area contributed by atoms with Crippen LogP contribution in [0.25, 0.3) is 0 Å². The van der Waals surface area contributed by atoms with Crippen LogP contribution in [-0.4, -0.2) is 22.7 Å². The van der Waals surface area contributed by atoms with E-state index in [2.05, 4.69) is 0 Å². The minimum atomic E-state index is -0.190. The van der Waals surface area contributed by atoms with Crippen molar-refractivity contribution in [1.29, 1.82) is 0 Å². The third-order valence-electron chi connectivity index (χ3n) is 0.469. The molecule has 1 saturated heterocycles. The predicted octanol–water partition coefficient (Wildman–Crippen LogP) is -0.630. The van der Waals surface area contributed by atoms with Crippen LogP contribution in [0.15, 0.2) is 0 Å². The van der Waals surface area contributed by atoms with Gasteiger partial charge in [0.15, 0.2) is 0 Å². The quantitative estimate of drug-likeness (QED) is 0.320. The lowest BCUT2D eigenvalue weighted by Gasteiger charge is -1.68.